The first-order valence-electron chi connectivity index (χ1n) is 10.7. The van der Waals surface area contributed by atoms with E-state index in [0.717, 1.165) is 36.8 Å². The molecule has 0 aromatic heterocycles. The fraction of sp³-hybridized carbons (Fsp3) is 0.417. The van der Waals surface area contributed by atoms with E-state index in [1.807, 2.05) is 61.5 Å². The molecule has 6 nitrogen and oxygen atoms in total. The van der Waals surface area contributed by atoms with Crippen LogP contribution in [0.4, 0.5) is 5.69 Å². The lowest BCUT2D eigenvalue weighted by Crippen LogP contribution is -2.40. The molecule has 1 aliphatic heterocycles. The molecule has 0 aliphatic carbocycles. The number of piperidine rings is 1. The predicted molar refractivity (Wildman–Crippen MR) is 139 cm³/mol. The van der Waals surface area contributed by atoms with Gasteiger partial charge in [0.2, 0.25) is 0 Å². The minimum Gasteiger partial charge on any atom is -0.351 e. The average Bonchev–Trinajstić information content (AvgIpc) is 2.78. The van der Waals surface area contributed by atoms with Crippen LogP contribution < -0.4 is 10.6 Å². The Balaban J connectivity index is 0.00000341. The van der Waals surface area contributed by atoms with Gasteiger partial charge in [-0.2, -0.15) is 0 Å². The van der Waals surface area contributed by atoms with Crippen molar-refractivity contribution in [2.45, 2.75) is 25.8 Å². The van der Waals surface area contributed by atoms with Gasteiger partial charge >= 0.3 is 0 Å². The van der Waals surface area contributed by atoms with Gasteiger partial charge < -0.3 is 20.4 Å². The third-order valence-electron chi connectivity index (χ3n) is 5.13. The minimum atomic E-state index is -0.0404. The van der Waals surface area contributed by atoms with Crippen molar-refractivity contribution in [3.05, 3.63) is 65.7 Å². The van der Waals surface area contributed by atoms with Crippen molar-refractivity contribution in [1.29, 1.82) is 0 Å². The van der Waals surface area contributed by atoms with Crippen LogP contribution in [0.3, 0.4) is 0 Å². The molecule has 31 heavy (non-hydrogen) atoms. The van der Waals surface area contributed by atoms with Crippen molar-refractivity contribution in [2.75, 3.05) is 45.6 Å². The second-order valence-electron chi connectivity index (χ2n) is 7.94. The van der Waals surface area contributed by atoms with Gasteiger partial charge in [0.25, 0.3) is 5.91 Å². The number of para-hydroxylation sites is 1. The largest absolute Gasteiger partial charge is 0.351 e. The highest BCUT2D eigenvalue weighted by atomic mass is 127. The summed E-state index contributed by atoms with van der Waals surface area (Å²) in [5, 5.41) is 6.46. The lowest BCUT2D eigenvalue weighted by atomic mass is 10.1. The van der Waals surface area contributed by atoms with Gasteiger partial charge in [0, 0.05) is 37.4 Å². The first kappa shape index (κ1) is 25.1. The Kier molecular flexibility index (Phi) is 10.8. The summed E-state index contributed by atoms with van der Waals surface area (Å²) in [6.45, 7) is 4.03. The molecular formula is C24H34IN5O. The van der Waals surface area contributed by atoms with Crippen molar-refractivity contribution < 1.29 is 4.79 Å². The molecule has 0 saturated carbocycles. The topological polar surface area (TPSA) is 60.0 Å². The summed E-state index contributed by atoms with van der Waals surface area (Å²) >= 11 is 0. The van der Waals surface area contributed by atoms with Gasteiger partial charge in [0.1, 0.15) is 0 Å². The normalized spacial score (nSPS) is 14.2. The number of carbonyl (C=O) groups is 1. The molecule has 3 rings (SSSR count). The molecule has 1 aliphatic rings. The number of anilines is 1. The number of hydrogen-bond donors (Lipinski definition) is 2. The van der Waals surface area contributed by atoms with Crippen LogP contribution in [-0.4, -0.2) is 61.9 Å². The van der Waals surface area contributed by atoms with Crippen LogP contribution in [0.25, 0.3) is 0 Å². The number of benzene rings is 2. The van der Waals surface area contributed by atoms with Crippen LogP contribution in [0, 0.1) is 0 Å². The molecule has 168 valence electrons. The number of rotatable bonds is 7. The van der Waals surface area contributed by atoms with Crippen molar-refractivity contribution in [1.82, 2.24) is 15.1 Å². The Morgan fingerprint density at radius 1 is 1.03 bits per heavy atom. The van der Waals surface area contributed by atoms with Crippen LogP contribution in [-0.2, 0) is 6.54 Å². The minimum absolute atomic E-state index is 0. The zero-order valence-corrected chi connectivity index (χ0v) is 20.8. The number of aliphatic imine (C=N–C) groups is 1. The zero-order chi connectivity index (χ0) is 21.2. The molecule has 1 heterocycles. The quantitative estimate of drug-likeness (QED) is 0.319. The number of amides is 1. The molecule has 1 amide bonds. The van der Waals surface area contributed by atoms with Gasteiger partial charge in [-0.1, -0.05) is 30.3 Å². The molecule has 0 atom stereocenters. The highest BCUT2D eigenvalue weighted by Gasteiger charge is 2.15. The fourth-order valence-electron chi connectivity index (χ4n) is 3.45. The summed E-state index contributed by atoms with van der Waals surface area (Å²) in [5.74, 6) is 0.864. The molecule has 0 radical (unpaired) electrons. The average molecular weight is 535 g/mol. The number of nitrogens with one attached hydrogen (secondary N) is 2. The molecule has 0 bridgehead atoms. The second kappa shape index (κ2) is 13.3. The van der Waals surface area contributed by atoms with E-state index in [1.54, 1.807) is 0 Å². The molecule has 2 N–H and O–H groups in total. The first-order chi connectivity index (χ1) is 14.6. The molecule has 0 spiro atoms. The van der Waals surface area contributed by atoms with Gasteiger partial charge in [-0.3, -0.25) is 4.79 Å². The smallest absolute Gasteiger partial charge is 0.251 e. The molecule has 1 fully saturated rings. The molecule has 2 aromatic rings. The standard InChI is InChI=1S/C24H33N5O.HI/c1-28(2)17-14-25-23(30)21-11-9-10-20(18-21)19-26-24(29-15-7-4-8-16-29)27-22-12-5-3-6-13-22;/h3,5-6,9-13,18H,4,7-8,14-17,19H2,1-2H3,(H,25,30)(H,26,27);1H. The van der Waals surface area contributed by atoms with Gasteiger partial charge in [-0.25, -0.2) is 4.99 Å². The van der Waals surface area contributed by atoms with Gasteiger partial charge in [-0.15, -0.1) is 24.0 Å². The summed E-state index contributed by atoms with van der Waals surface area (Å²) in [6.07, 6.45) is 3.66. The molecular weight excluding hydrogens is 501 g/mol. The van der Waals surface area contributed by atoms with Crippen LogP contribution in [0.2, 0.25) is 0 Å². The van der Waals surface area contributed by atoms with Gasteiger partial charge in [0.15, 0.2) is 5.96 Å². The number of likely N-dealkylation sites (N-methyl/N-ethyl adjacent to an activating group) is 1. The maximum atomic E-state index is 12.4. The molecule has 2 aromatic carbocycles. The second-order valence-corrected chi connectivity index (χ2v) is 7.94. The Morgan fingerprint density at radius 3 is 2.48 bits per heavy atom. The lowest BCUT2D eigenvalue weighted by molar-refractivity contribution is 0.0951. The van der Waals surface area contributed by atoms with E-state index in [9.17, 15) is 4.79 Å². The van der Waals surface area contributed by atoms with Crippen molar-refractivity contribution in [2.24, 2.45) is 4.99 Å². The van der Waals surface area contributed by atoms with E-state index >= 15 is 0 Å². The highest BCUT2D eigenvalue weighted by molar-refractivity contribution is 14.0. The van der Waals surface area contributed by atoms with E-state index < -0.39 is 0 Å². The summed E-state index contributed by atoms with van der Waals surface area (Å²) in [5.41, 5.74) is 2.74. The van der Waals surface area contributed by atoms with Crippen LogP contribution in [0.1, 0.15) is 35.2 Å². The zero-order valence-electron chi connectivity index (χ0n) is 18.5. The highest BCUT2D eigenvalue weighted by Crippen LogP contribution is 2.14. The van der Waals surface area contributed by atoms with E-state index in [1.165, 1.54) is 19.3 Å². The van der Waals surface area contributed by atoms with E-state index in [-0.39, 0.29) is 29.9 Å². The Morgan fingerprint density at radius 2 is 1.77 bits per heavy atom. The molecule has 7 heteroatoms. The summed E-state index contributed by atoms with van der Waals surface area (Å²) < 4.78 is 0. The summed E-state index contributed by atoms with van der Waals surface area (Å²) in [4.78, 5) is 21.7. The van der Waals surface area contributed by atoms with E-state index in [2.05, 4.69) is 27.7 Å². The number of likely N-dealkylation sites (tertiary alicyclic amines) is 1. The number of halogens is 1. The van der Waals surface area contributed by atoms with Crippen molar-refractivity contribution >= 4 is 41.5 Å². The maximum Gasteiger partial charge on any atom is 0.251 e. The number of hydrogen-bond acceptors (Lipinski definition) is 3. The number of carbonyl (C=O) groups excluding carboxylic acids is 1. The predicted octanol–water partition coefficient (Wildman–Crippen LogP) is 4.05. The molecule has 0 unspecified atom stereocenters. The van der Waals surface area contributed by atoms with Crippen molar-refractivity contribution in [3.63, 3.8) is 0 Å². The van der Waals surface area contributed by atoms with E-state index in [4.69, 9.17) is 4.99 Å². The number of guanidine groups is 1. The SMILES string of the molecule is CN(C)CCNC(=O)c1cccc(CN=C(Nc2ccccc2)N2CCCCC2)c1.I. The van der Waals surface area contributed by atoms with E-state index in [0.29, 0.717) is 18.7 Å². The Hall–Kier alpha value is -2.13. The first-order valence-corrected chi connectivity index (χ1v) is 10.7. The monoisotopic (exact) mass is 535 g/mol. The summed E-state index contributed by atoms with van der Waals surface area (Å²) in [7, 11) is 3.99. The van der Waals surface area contributed by atoms with Crippen LogP contribution in [0.5, 0.6) is 0 Å². The maximum absolute atomic E-state index is 12.4. The Labute approximate surface area is 203 Å². The molecule has 1 saturated heterocycles. The third kappa shape index (κ3) is 8.49. The van der Waals surface area contributed by atoms with Gasteiger partial charge in [-0.05, 0) is 63.2 Å². The third-order valence-corrected chi connectivity index (χ3v) is 5.13. The van der Waals surface area contributed by atoms with Gasteiger partial charge in [0.05, 0.1) is 6.54 Å². The van der Waals surface area contributed by atoms with Crippen LogP contribution >= 0.6 is 24.0 Å². The number of nitrogens with zero attached hydrogens (tertiary/aromatic N) is 3. The van der Waals surface area contributed by atoms with Crippen LogP contribution in [0.15, 0.2) is 59.6 Å². The van der Waals surface area contributed by atoms with Crippen molar-refractivity contribution in [3.8, 4) is 0 Å². The fourth-order valence-corrected chi connectivity index (χ4v) is 3.45. The lowest BCUT2D eigenvalue weighted by Gasteiger charge is -2.30. The summed E-state index contributed by atoms with van der Waals surface area (Å²) in [6, 6.07) is 17.9. The Bertz CT molecular complexity index is 835.